The summed E-state index contributed by atoms with van der Waals surface area (Å²) in [6.07, 6.45) is -5.35. The fourth-order valence-electron chi connectivity index (χ4n) is 3.06. The molecule has 0 saturated carbocycles. The van der Waals surface area contributed by atoms with Crippen LogP contribution in [0.4, 0.5) is 18.0 Å². The van der Waals surface area contributed by atoms with Crippen molar-refractivity contribution in [1.82, 2.24) is 10.6 Å². The number of rotatable bonds is 4. The maximum absolute atomic E-state index is 13.6. The number of carbonyl (C=O) groups excluding carboxylic acids is 2. The van der Waals surface area contributed by atoms with Gasteiger partial charge in [0.1, 0.15) is 23.5 Å². The Morgan fingerprint density at radius 3 is 2.52 bits per heavy atom. The molecule has 156 valence electrons. The summed E-state index contributed by atoms with van der Waals surface area (Å²) in [6, 6.07) is 6.81. The molecule has 0 spiro atoms. The molecule has 0 radical (unpaired) electrons. The molecule has 1 saturated heterocycles. The zero-order valence-corrected chi connectivity index (χ0v) is 16.5. The van der Waals surface area contributed by atoms with Crippen LogP contribution in [0.25, 0.3) is 11.3 Å². The van der Waals surface area contributed by atoms with Crippen LogP contribution in [-0.2, 0) is 9.53 Å². The van der Waals surface area contributed by atoms with Gasteiger partial charge in [-0.05, 0) is 31.2 Å². The van der Waals surface area contributed by atoms with Crippen LogP contribution in [0.3, 0.4) is 0 Å². The molecule has 2 aromatic rings. The first-order chi connectivity index (χ1) is 13.6. The number of urea groups is 1. The van der Waals surface area contributed by atoms with Gasteiger partial charge in [0, 0.05) is 10.0 Å². The maximum Gasteiger partial charge on any atom is 0.437 e. The lowest BCUT2D eigenvalue weighted by Gasteiger charge is -2.43. The number of aliphatic hydroxyl groups is 1. The molecule has 3 rings (SSSR count). The third kappa shape index (κ3) is 3.97. The van der Waals surface area contributed by atoms with Crippen molar-refractivity contribution in [2.24, 2.45) is 5.92 Å². The van der Waals surface area contributed by atoms with Gasteiger partial charge in [-0.3, -0.25) is 4.79 Å². The number of furan rings is 1. The van der Waals surface area contributed by atoms with Crippen molar-refractivity contribution in [3.63, 3.8) is 0 Å². The van der Waals surface area contributed by atoms with Gasteiger partial charge in [0.05, 0.1) is 6.61 Å². The number of hydrogen-bond donors (Lipinski definition) is 3. The average molecular weight is 477 g/mol. The van der Waals surface area contributed by atoms with Crippen LogP contribution in [0.1, 0.15) is 18.7 Å². The zero-order valence-electron chi connectivity index (χ0n) is 14.9. The van der Waals surface area contributed by atoms with E-state index in [2.05, 4.69) is 21.2 Å². The van der Waals surface area contributed by atoms with E-state index in [4.69, 9.17) is 9.15 Å². The molecule has 2 amide bonds. The Kier molecular flexibility index (Phi) is 5.63. The topological polar surface area (TPSA) is 101 Å². The van der Waals surface area contributed by atoms with Gasteiger partial charge >= 0.3 is 18.2 Å². The highest BCUT2D eigenvalue weighted by Crippen LogP contribution is 2.43. The van der Waals surface area contributed by atoms with Crippen molar-refractivity contribution in [2.45, 2.75) is 24.9 Å². The van der Waals surface area contributed by atoms with Crippen molar-refractivity contribution >= 4 is 27.9 Å². The molecule has 0 unspecified atom stereocenters. The second-order valence-electron chi connectivity index (χ2n) is 6.28. The lowest BCUT2D eigenvalue weighted by molar-refractivity contribution is -0.294. The molecule has 29 heavy (non-hydrogen) atoms. The predicted molar refractivity (Wildman–Crippen MR) is 97.4 cm³/mol. The summed E-state index contributed by atoms with van der Waals surface area (Å²) in [5, 5.41) is 13.9. The van der Waals surface area contributed by atoms with E-state index in [1.807, 2.05) is 0 Å². The Morgan fingerprint density at radius 1 is 1.28 bits per heavy atom. The van der Waals surface area contributed by atoms with Crippen LogP contribution < -0.4 is 10.6 Å². The number of nitrogens with one attached hydrogen (secondary N) is 2. The number of carbonyl (C=O) groups is 2. The minimum Gasteiger partial charge on any atom is -0.466 e. The molecule has 0 bridgehead atoms. The number of alkyl halides is 3. The quantitative estimate of drug-likeness (QED) is 0.586. The highest BCUT2D eigenvalue weighted by atomic mass is 79.9. The summed E-state index contributed by atoms with van der Waals surface area (Å²) in [7, 11) is 0. The fraction of sp³-hybridized carbons (Fsp3) is 0.333. The van der Waals surface area contributed by atoms with Gasteiger partial charge in [0.2, 0.25) is 0 Å². The van der Waals surface area contributed by atoms with Gasteiger partial charge in [0.15, 0.2) is 0 Å². The van der Waals surface area contributed by atoms with Crippen LogP contribution in [-0.4, -0.2) is 35.6 Å². The van der Waals surface area contributed by atoms with E-state index >= 15 is 0 Å². The summed E-state index contributed by atoms with van der Waals surface area (Å²) < 4.78 is 52.0. The van der Waals surface area contributed by atoms with Crippen molar-refractivity contribution in [3.8, 4) is 11.3 Å². The Bertz CT molecular complexity index is 915. The van der Waals surface area contributed by atoms with E-state index in [1.165, 1.54) is 24.4 Å². The van der Waals surface area contributed by atoms with Crippen LogP contribution in [0.5, 0.6) is 0 Å². The number of benzene rings is 1. The standard InChI is InChI=1S/C18H16BrF3N2O5/c1-2-28-15(25)13-14(23-16(26)24-17(13,27)18(20,21)22)12-8-7-11(29-12)9-3-5-10(19)6-4-9/h3-8,13-14,27H,2H2,1H3,(H2,23,24,26)/t13-,14-,17+/m0/s1. The largest absolute Gasteiger partial charge is 0.466 e. The summed E-state index contributed by atoms with van der Waals surface area (Å²) in [6.45, 7) is 1.19. The number of ether oxygens (including phenoxy) is 1. The molecule has 7 nitrogen and oxygen atoms in total. The SMILES string of the molecule is CCOC(=O)[C@@H]1[C@H](c2ccc(-c3ccc(Br)cc3)o2)NC(=O)N[C@]1(O)C(F)(F)F. The maximum atomic E-state index is 13.6. The summed E-state index contributed by atoms with van der Waals surface area (Å²) >= 11 is 3.29. The molecule has 0 aliphatic carbocycles. The monoisotopic (exact) mass is 476 g/mol. The molecule has 2 heterocycles. The molecular weight excluding hydrogens is 461 g/mol. The molecule has 1 aromatic carbocycles. The minimum atomic E-state index is -5.35. The first-order valence-electron chi connectivity index (χ1n) is 8.47. The minimum absolute atomic E-state index is 0.140. The van der Waals surface area contributed by atoms with E-state index < -0.39 is 35.9 Å². The van der Waals surface area contributed by atoms with Crippen LogP contribution in [0.15, 0.2) is 45.3 Å². The van der Waals surface area contributed by atoms with Crippen LogP contribution in [0, 0.1) is 5.92 Å². The Balaban J connectivity index is 2.04. The van der Waals surface area contributed by atoms with E-state index in [1.54, 1.807) is 24.3 Å². The molecule has 1 aromatic heterocycles. The van der Waals surface area contributed by atoms with Crippen molar-refractivity contribution < 1.29 is 37.0 Å². The second kappa shape index (κ2) is 7.71. The number of hydrogen-bond acceptors (Lipinski definition) is 5. The third-order valence-corrected chi connectivity index (χ3v) is 4.94. The lowest BCUT2D eigenvalue weighted by atomic mass is 9.84. The Hall–Kier alpha value is -2.53. The third-order valence-electron chi connectivity index (χ3n) is 4.41. The van der Waals surface area contributed by atoms with Crippen LogP contribution in [0.2, 0.25) is 0 Å². The average Bonchev–Trinajstić information content (AvgIpc) is 3.11. The highest BCUT2D eigenvalue weighted by Gasteiger charge is 2.67. The molecule has 11 heteroatoms. The van der Waals surface area contributed by atoms with Crippen molar-refractivity contribution in [2.75, 3.05) is 6.61 Å². The Labute approximate surface area is 171 Å². The molecule has 1 aliphatic rings. The first-order valence-corrected chi connectivity index (χ1v) is 9.26. The molecule has 3 N–H and O–H groups in total. The fourth-order valence-corrected chi connectivity index (χ4v) is 3.33. The zero-order chi connectivity index (χ0) is 21.4. The van der Waals surface area contributed by atoms with Gasteiger partial charge in [-0.25, -0.2) is 4.79 Å². The van der Waals surface area contributed by atoms with Crippen molar-refractivity contribution in [1.29, 1.82) is 0 Å². The molecule has 1 fully saturated rings. The lowest BCUT2D eigenvalue weighted by Crippen LogP contribution is -2.73. The number of esters is 1. The van der Waals surface area contributed by atoms with Crippen LogP contribution >= 0.6 is 15.9 Å². The van der Waals surface area contributed by atoms with Gasteiger partial charge in [-0.1, -0.05) is 28.1 Å². The van der Waals surface area contributed by atoms with E-state index in [0.717, 1.165) is 4.47 Å². The van der Waals surface area contributed by atoms with Crippen molar-refractivity contribution in [3.05, 3.63) is 46.6 Å². The molecular formula is C18H16BrF3N2O5. The first kappa shape index (κ1) is 21.2. The van der Waals surface area contributed by atoms with Gasteiger partial charge in [-0.15, -0.1) is 0 Å². The molecule has 1 aliphatic heterocycles. The second-order valence-corrected chi connectivity index (χ2v) is 7.19. The predicted octanol–water partition coefficient (Wildman–Crippen LogP) is 3.49. The van der Waals surface area contributed by atoms with E-state index in [0.29, 0.717) is 11.3 Å². The summed E-state index contributed by atoms with van der Waals surface area (Å²) in [4.78, 5) is 24.2. The smallest absolute Gasteiger partial charge is 0.437 e. The van der Waals surface area contributed by atoms with Gasteiger partial charge in [-0.2, -0.15) is 13.2 Å². The van der Waals surface area contributed by atoms with E-state index in [-0.39, 0.29) is 12.4 Å². The summed E-state index contributed by atoms with van der Waals surface area (Å²) in [5.74, 6) is -3.41. The highest BCUT2D eigenvalue weighted by molar-refractivity contribution is 9.10. The van der Waals surface area contributed by atoms with Gasteiger partial charge < -0.3 is 24.9 Å². The normalized spacial score (nSPS) is 24.6. The molecule has 3 atom stereocenters. The number of halogens is 4. The number of amides is 2. The van der Waals surface area contributed by atoms with Gasteiger partial charge in [0.25, 0.3) is 5.72 Å². The Morgan fingerprint density at radius 2 is 1.93 bits per heavy atom. The van der Waals surface area contributed by atoms with E-state index in [9.17, 15) is 27.9 Å². The summed E-state index contributed by atoms with van der Waals surface area (Å²) in [5.41, 5.74) is -3.21.